The Morgan fingerprint density at radius 2 is 2.29 bits per heavy atom. The molecule has 7 heteroatoms. The van der Waals surface area contributed by atoms with Crippen molar-refractivity contribution in [1.29, 1.82) is 0 Å². The molecule has 0 aliphatic carbocycles. The summed E-state index contributed by atoms with van der Waals surface area (Å²) in [4.78, 5) is 21.7. The predicted molar refractivity (Wildman–Crippen MR) is 65.0 cm³/mol. The molecule has 0 spiro atoms. The first kappa shape index (κ1) is 13.4. The van der Waals surface area contributed by atoms with Crippen molar-refractivity contribution in [2.45, 2.75) is 6.92 Å². The van der Waals surface area contributed by atoms with Gasteiger partial charge in [-0.3, -0.25) is 14.9 Å². The number of nitrogens with two attached hydrogens (primary N) is 1. The van der Waals surface area contributed by atoms with Crippen molar-refractivity contribution in [2.75, 3.05) is 11.9 Å². The van der Waals surface area contributed by atoms with Crippen molar-refractivity contribution in [3.8, 4) is 0 Å². The van der Waals surface area contributed by atoms with Gasteiger partial charge in [0.05, 0.1) is 4.92 Å². The van der Waals surface area contributed by atoms with Crippen molar-refractivity contribution in [3.63, 3.8) is 0 Å². The van der Waals surface area contributed by atoms with Gasteiger partial charge in [0.2, 0.25) is 5.91 Å². The van der Waals surface area contributed by atoms with Gasteiger partial charge in [-0.05, 0) is 12.1 Å². The van der Waals surface area contributed by atoms with E-state index in [1.54, 1.807) is 6.92 Å². The maximum atomic E-state index is 11.6. The zero-order valence-corrected chi connectivity index (χ0v) is 9.90. The number of hydrogen-bond donors (Lipinski definition) is 2. The highest BCUT2D eigenvalue weighted by Crippen LogP contribution is 2.27. The van der Waals surface area contributed by atoms with E-state index in [9.17, 15) is 14.9 Å². The summed E-state index contributed by atoms with van der Waals surface area (Å²) in [5.74, 6) is -0.775. The molecule has 0 aliphatic rings. The number of benzene rings is 1. The van der Waals surface area contributed by atoms with Crippen LogP contribution in [0.1, 0.15) is 6.92 Å². The third-order valence-corrected chi connectivity index (χ3v) is 2.45. The molecule has 0 aromatic heterocycles. The van der Waals surface area contributed by atoms with E-state index in [2.05, 4.69) is 5.32 Å². The zero-order chi connectivity index (χ0) is 13.0. The molecule has 92 valence electrons. The molecule has 0 heterocycles. The number of nitrogens with one attached hydrogen (secondary N) is 1. The normalized spacial score (nSPS) is 11.9. The van der Waals surface area contributed by atoms with Gasteiger partial charge in [0, 0.05) is 23.6 Å². The topological polar surface area (TPSA) is 98.3 Å². The van der Waals surface area contributed by atoms with E-state index in [4.69, 9.17) is 17.3 Å². The summed E-state index contributed by atoms with van der Waals surface area (Å²) < 4.78 is 0. The lowest BCUT2D eigenvalue weighted by Crippen LogP contribution is -2.26. The minimum absolute atomic E-state index is 0.115. The van der Waals surface area contributed by atoms with Gasteiger partial charge in [-0.25, -0.2) is 0 Å². The minimum Gasteiger partial charge on any atom is -0.330 e. The van der Waals surface area contributed by atoms with Crippen LogP contribution < -0.4 is 11.1 Å². The van der Waals surface area contributed by atoms with Gasteiger partial charge in [0.1, 0.15) is 5.69 Å². The van der Waals surface area contributed by atoms with E-state index < -0.39 is 10.8 Å². The number of carbonyl (C=O) groups is 1. The predicted octanol–water partition coefficient (Wildman–Crippen LogP) is 1.78. The highest BCUT2D eigenvalue weighted by Gasteiger charge is 2.18. The third-order valence-electron chi connectivity index (χ3n) is 2.22. The van der Waals surface area contributed by atoms with E-state index >= 15 is 0 Å². The zero-order valence-electron chi connectivity index (χ0n) is 9.14. The van der Waals surface area contributed by atoms with Crippen molar-refractivity contribution in [2.24, 2.45) is 11.7 Å². The van der Waals surface area contributed by atoms with Crippen LogP contribution in [0, 0.1) is 16.0 Å². The second-order valence-electron chi connectivity index (χ2n) is 3.54. The number of anilines is 1. The van der Waals surface area contributed by atoms with Crippen LogP contribution in [0.2, 0.25) is 5.02 Å². The molecule has 1 aromatic rings. The summed E-state index contributed by atoms with van der Waals surface area (Å²) in [6.45, 7) is 1.81. The van der Waals surface area contributed by atoms with Crippen molar-refractivity contribution >= 4 is 28.9 Å². The first-order valence-corrected chi connectivity index (χ1v) is 5.28. The molecule has 1 aromatic carbocycles. The van der Waals surface area contributed by atoms with Gasteiger partial charge >= 0.3 is 0 Å². The number of amides is 1. The molecule has 6 nitrogen and oxygen atoms in total. The largest absolute Gasteiger partial charge is 0.330 e. The molecule has 17 heavy (non-hydrogen) atoms. The second kappa shape index (κ2) is 5.60. The summed E-state index contributed by atoms with van der Waals surface area (Å²) >= 11 is 5.65. The summed E-state index contributed by atoms with van der Waals surface area (Å²) in [6, 6.07) is 4.04. The van der Waals surface area contributed by atoms with Crippen molar-refractivity contribution in [3.05, 3.63) is 33.3 Å². The summed E-state index contributed by atoms with van der Waals surface area (Å²) in [5.41, 5.74) is 5.21. The van der Waals surface area contributed by atoms with Crippen molar-refractivity contribution in [1.82, 2.24) is 0 Å². The summed E-state index contributed by atoms with van der Waals surface area (Å²) in [7, 11) is 0. The molecule has 1 atom stereocenters. The number of hydrogen-bond acceptors (Lipinski definition) is 4. The lowest BCUT2D eigenvalue weighted by atomic mass is 10.1. The highest BCUT2D eigenvalue weighted by molar-refractivity contribution is 6.31. The fourth-order valence-electron chi connectivity index (χ4n) is 1.12. The minimum atomic E-state index is -0.603. The molecule has 0 saturated carbocycles. The molecule has 0 fully saturated rings. The third kappa shape index (κ3) is 3.40. The molecule has 0 radical (unpaired) electrons. The van der Waals surface area contributed by atoms with Crippen LogP contribution in [0.5, 0.6) is 0 Å². The van der Waals surface area contributed by atoms with Gasteiger partial charge in [-0.15, -0.1) is 0 Å². The van der Waals surface area contributed by atoms with Gasteiger partial charge < -0.3 is 11.1 Å². The first-order chi connectivity index (χ1) is 7.95. The summed E-state index contributed by atoms with van der Waals surface area (Å²) in [6.07, 6.45) is 0. The van der Waals surface area contributed by atoms with Crippen LogP contribution in [0.25, 0.3) is 0 Å². The Bertz CT molecular complexity index is 450. The monoisotopic (exact) mass is 257 g/mol. The van der Waals surface area contributed by atoms with Crippen LogP contribution in [0.3, 0.4) is 0 Å². The number of rotatable bonds is 4. The molecular formula is C10H12ClN3O3. The van der Waals surface area contributed by atoms with Gasteiger partial charge in [0.15, 0.2) is 0 Å². The first-order valence-electron chi connectivity index (χ1n) is 4.90. The second-order valence-corrected chi connectivity index (χ2v) is 3.98. The smallest absolute Gasteiger partial charge is 0.294 e. The van der Waals surface area contributed by atoms with Crippen LogP contribution >= 0.6 is 11.6 Å². The fourth-order valence-corrected chi connectivity index (χ4v) is 1.29. The lowest BCUT2D eigenvalue weighted by Gasteiger charge is -2.10. The fraction of sp³-hybridized carbons (Fsp3) is 0.300. The Kier molecular flexibility index (Phi) is 4.42. The Hall–Kier alpha value is -1.66. The molecule has 1 amide bonds. The van der Waals surface area contributed by atoms with E-state index in [1.165, 1.54) is 18.2 Å². The maximum absolute atomic E-state index is 11.6. The SMILES string of the molecule is CC(CN)C(=O)Nc1ccc(Cl)cc1[N+](=O)[O-]. The quantitative estimate of drug-likeness (QED) is 0.634. The van der Waals surface area contributed by atoms with Crippen LogP contribution in [-0.2, 0) is 4.79 Å². The molecule has 1 rings (SSSR count). The number of halogens is 1. The van der Waals surface area contributed by atoms with E-state index in [-0.39, 0.29) is 28.8 Å². The van der Waals surface area contributed by atoms with Crippen LogP contribution in [0.4, 0.5) is 11.4 Å². The lowest BCUT2D eigenvalue weighted by molar-refractivity contribution is -0.383. The summed E-state index contributed by atoms with van der Waals surface area (Å²) in [5, 5.41) is 13.5. The van der Waals surface area contributed by atoms with E-state index in [0.29, 0.717) is 0 Å². The van der Waals surface area contributed by atoms with Crippen LogP contribution in [-0.4, -0.2) is 17.4 Å². The average Bonchev–Trinajstić information content (AvgIpc) is 2.29. The number of carbonyl (C=O) groups excluding carboxylic acids is 1. The molecule has 0 aliphatic heterocycles. The molecule has 1 unspecified atom stereocenters. The molecule has 3 N–H and O–H groups in total. The van der Waals surface area contributed by atoms with Gasteiger partial charge in [-0.2, -0.15) is 0 Å². The average molecular weight is 258 g/mol. The number of nitrogens with zero attached hydrogens (tertiary/aromatic N) is 1. The van der Waals surface area contributed by atoms with Crippen molar-refractivity contribution < 1.29 is 9.72 Å². The van der Waals surface area contributed by atoms with Gasteiger partial charge in [-0.1, -0.05) is 18.5 Å². The Labute approximate surface area is 103 Å². The van der Waals surface area contributed by atoms with Crippen LogP contribution in [0.15, 0.2) is 18.2 Å². The van der Waals surface area contributed by atoms with Gasteiger partial charge in [0.25, 0.3) is 5.69 Å². The molecule has 0 bridgehead atoms. The molecular weight excluding hydrogens is 246 g/mol. The maximum Gasteiger partial charge on any atom is 0.294 e. The Balaban J connectivity index is 2.98. The number of nitro benzene ring substituents is 1. The Morgan fingerprint density at radius 3 is 2.82 bits per heavy atom. The standard InChI is InChI=1S/C10H12ClN3O3/c1-6(5-12)10(15)13-8-3-2-7(11)4-9(8)14(16)17/h2-4,6H,5,12H2,1H3,(H,13,15). The molecule has 0 saturated heterocycles. The number of nitro groups is 1. The van der Waals surface area contributed by atoms with E-state index in [1.807, 2.05) is 0 Å². The Morgan fingerprint density at radius 1 is 1.65 bits per heavy atom. The van der Waals surface area contributed by atoms with E-state index in [0.717, 1.165) is 0 Å². The highest BCUT2D eigenvalue weighted by atomic mass is 35.5.